The van der Waals surface area contributed by atoms with Crippen LogP contribution in [0, 0.1) is 5.82 Å². The van der Waals surface area contributed by atoms with Crippen molar-refractivity contribution in [3.63, 3.8) is 0 Å². The number of imidazole rings is 1. The highest BCUT2D eigenvalue weighted by Crippen LogP contribution is 2.33. The molecule has 184 valence electrons. The van der Waals surface area contributed by atoms with Gasteiger partial charge in [0, 0.05) is 30.6 Å². The summed E-state index contributed by atoms with van der Waals surface area (Å²) in [6, 6.07) is 14.2. The van der Waals surface area contributed by atoms with E-state index in [1.54, 1.807) is 18.6 Å². The van der Waals surface area contributed by atoms with Crippen LogP contribution in [-0.2, 0) is 0 Å². The highest BCUT2D eigenvalue weighted by Gasteiger charge is 2.17. The summed E-state index contributed by atoms with van der Waals surface area (Å²) in [6.07, 6.45) is 4.91. The minimum Gasteiger partial charge on any atom is -0.492 e. The van der Waals surface area contributed by atoms with Crippen LogP contribution in [0.1, 0.15) is 0 Å². The van der Waals surface area contributed by atoms with E-state index < -0.39 is 0 Å². The lowest BCUT2D eigenvalue weighted by Gasteiger charge is -2.12. The quantitative estimate of drug-likeness (QED) is 0.331. The fourth-order valence-electron chi connectivity index (χ4n) is 4.16. The molecule has 6 rings (SSSR count). The van der Waals surface area contributed by atoms with Gasteiger partial charge in [0.1, 0.15) is 29.4 Å². The molecular formula is C27H23FN8O. The van der Waals surface area contributed by atoms with Gasteiger partial charge in [-0.25, -0.2) is 14.4 Å². The van der Waals surface area contributed by atoms with E-state index in [9.17, 15) is 4.39 Å². The van der Waals surface area contributed by atoms with E-state index in [0.29, 0.717) is 51.9 Å². The average molecular weight is 495 g/mol. The average Bonchev–Trinajstić information content (AvgIpc) is 3.52. The van der Waals surface area contributed by atoms with Crippen molar-refractivity contribution < 1.29 is 9.13 Å². The smallest absolute Gasteiger partial charge is 0.161 e. The zero-order valence-corrected chi connectivity index (χ0v) is 20.2. The monoisotopic (exact) mass is 494 g/mol. The minimum atomic E-state index is -0.371. The van der Waals surface area contributed by atoms with Crippen molar-refractivity contribution in [3.05, 3.63) is 72.9 Å². The van der Waals surface area contributed by atoms with Crippen LogP contribution in [0.2, 0.25) is 0 Å². The normalized spacial score (nSPS) is 11.6. The molecule has 37 heavy (non-hydrogen) atoms. The predicted molar refractivity (Wildman–Crippen MR) is 139 cm³/mol. The van der Waals surface area contributed by atoms with E-state index >= 15 is 0 Å². The van der Waals surface area contributed by atoms with Gasteiger partial charge >= 0.3 is 0 Å². The summed E-state index contributed by atoms with van der Waals surface area (Å²) in [5.74, 6) is 0.657. The van der Waals surface area contributed by atoms with Crippen molar-refractivity contribution in [3.8, 4) is 39.8 Å². The van der Waals surface area contributed by atoms with Gasteiger partial charge in [-0.3, -0.25) is 15.1 Å². The first-order valence-corrected chi connectivity index (χ1v) is 11.7. The molecule has 0 unspecified atom stereocenters. The molecule has 0 bridgehead atoms. The van der Waals surface area contributed by atoms with Crippen molar-refractivity contribution >= 4 is 22.1 Å². The van der Waals surface area contributed by atoms with E-state index in [4.69, 9.17) is 14.7 Å². The Morgan fingerprint density at radius 2 is 1.86 bits per heavy atom. The number of fused-ring (bicyclic) bond motifs is 2. The number of hydrogen-bond acceptors (Lipinski definition) is 7. The molecule has 0 saturated heterocycles. The van der Waals surface area contributed by atoms with Gasteiger partial charge in [-0.05, 0) is 50.0 Å². The Morgan fingerprint density at radius 1 is 0.946 bits per heavy atom. The largest absolute Gasteiger partial charge is 0.492 e. The van der Waals surface area contributed by atoms with E-state index in [1.165, 1.54) is 12.1 Å². The Bertz CT molecular complexity index is 1710. The summed E-state index contributed by atoms with van der Waals surface area (Å²) in [6.45, 7) is 1.19. The molecule has 6 aromatic rings. The maximum absolute atomic E-state index is 14.5. The fraction of sp³-hybridized carbons (Fsp3) is 0.148. The summed E-state index contributed by atoms with van der Waals surface area (Å²) < 4.78 is 20.3. The fourth-order valence-corrected chi connectivity index (χ4v) is 4.16. The summed E-state index contributed by atoms with van der Waals surface area (Å²) in [5.41, 5.74) is 6.31. The highest BCUT2D eigenvalue weighted by molar-refractivity contribution is 5.96. The number of likely N-dealkylation sites (N-methyl/N-ethyl adjacent to an activating group) is 1. The molecule has 4 aromatic heterocycles. The van der Waals surface area contributed by atoms with E-state index in [2.05, 4.69) is 25.1 Å². The lowest BCUT2D eigenvalue weighted by molar-refractivity contribution is 0.260. The number of halogens is 1. The molecule has 0 spiro atoms. The van der Waals surface area contributed by atoms with Crippen molar-refractivity contribution in [2.75, 3.05) is 27.2 Å². The summed E-state index contributed by atoms with van der Waals surface area (Å²) in [5, 5.41) is 7.49. The standard InChI is InChI=1S/C27H23FN8O/c1-36(2)10-11-37-18-13-16(12-17(28)14-18)19-4-3-5-21-24(19)33-27(32-21)26-25-22(34-35-26)7-6-20(31-25)23-15-29-8-9-30-23/h3-9,12-15H,10-11H2,1-2H3,(H,32,33)(H,34,35). The first-order chi connectivity index (χ1) is 18.0. The van der Waals surface area contributed by atoms with Gasteiger partial charge in [0.15, 0.2) is 11.5 Å². The topological polar surface area (TPSA) is 108 Å². The lowest BCUT2D eigenvalue weighted by atomic mass is 10.0. The molecule has 2 N–H and O–H groups in total. The molecule has 0 fully saturated rings. The molecule has 0 atom stereocenters. The number of aromatic nitrogens is 7. The van der Waals surface area contributed by atoms with E-state index in [-0.39, 0.29) is 5.82 Å². The molecule has 2 aromatic carbocycles. The molecule has 10 heteroatoms. The van der Waals surface area contributed by atoms with Crippen LogP contribution < -0.4 is 4.74 Å². The van der Waals surface area contributed by atoms with Gasteiger partial charge in [0.25, 0.3) is 0 Å². The number of para-hydroxylation sites is 1. The maximum atomic E-state index is 14.5. The van der Waals surface area contributed by atoms with Gasteiger partial charge < -0.3 is 14.6 Å². The van der Waals surface area contributed by atoms with Crippen LogP contribution in [0.25, 0.3) is 56.1 Å². The number of nitrogens with one attached hydrogen (secondary N) is 2. The number of aromatic amines is 2. The number of pyridine rings is 1. The lowest BCUT2D eigenvalue weighted by Crippen LogP contribution is -2.19. The second-order valence-corrected chi connectivity index (χ2v) is 8.87. The van der Waals surface area contributed by atoms with Crippen LogP contribution in [0.4, 0.5) is 4.39 Å². The van der Waals surface area contributed by atoms with Gasteiger partial charge in [0.2, 0.25) is 0 Å². The zero-order chi connectivity index (χ0) is 25.4. The predicted octanol–water partition coefficient (Wildman–Crippen LogP) is 4.70. The molecule has 0 aliphatic carbocycles. The Kier molecular flexibility index (Phi) is 5.78. The molecule has 0 aliphatic rings. The molecule has 0 saturated carbocycles. The van der Waals surface area contributed by atoms with Gasteiger partial charge in [-0.15, -0.1) is 0 Å². The molecule has 4 heterocycles. The maximum Gasteiger partial charge on any atom is 0.161 e. The third-order valence-electron chi connectivity index (χ3n) is 5.96. The number of H-pyrrole nitrogens is 2. The molecular weight excluding hydrogens is 471 g/mol. The van der Waals surface area contributed by atoms with Crippen molar-refractivity contribution in [1.82, 2.24) is 40.0 Å². The number of nitrogens with zero attached hydrogens (tertiary/aromatic N) is 6. The number of ether oxygens (including phenoxy) is 1. The Hall–Kier alpha value is -4.70. The Labute approximate surface area is 211 Å². The second-order valence-electron chi connectivity index (χ2n) is 8.87. The van der Waals surface area contributed by atoms with Crippen LogP contribution in [0.5, 0.6) is 5.75 Å². The second kappa shape index (κ2) is 9.40. The summed E-state index contributed by atoms with van der Waals surface area (Å²) in [7, 11) is 3.93. The molecule has 9 nitrogen and oxygen atoms in total. The van der Waals surface area contributed by atoms with Crippen LogP contribution in [0.15, 0.2) is 67.1 Å². The summed E-state index contributed by atoms with van der Waals surface area (Å²) >= 11 is 0. The first-order valence-electron chi connectivity index (χ1n) is 11.7. The van der Waals surface area contributed by atoms with Gasteiger partial charge in [-0.1, -0.05) is 12.1 Å². The SMILES string of the molecule is CN(C)CCOc1cc(F)cc(-c2cccc3[nH]c(-c4n[nH]c5ccc(-c6cnccn6)nc45)nc23)c1. The van der Waals surface area contributed by atoms with Crippen molar-refractivity contribution in [1.29, 1.82) is 0 Å². The van der Waals surface area contributed by atoms with Crippen molar-refractivity contribution in [2.45, 2.75) is 0 Å². The minimum absolute atomic E-state index is 0.371. The first kappa shape index (κ1) is 22.7. The molecule has 0 amide bonds. The third kappa shape index (κ3) is 4.50. The number of benzene rings is 2. The number of hydrogen-bond donors (Lipinski definition) is 2. The number of rotatable bonds is 7. The van der Waals surface area contributed by atoms with Crippen LogP contribution in [0.3, 0.4) is 0 Å². The molecule has 0 aliphatic heterocycles. The van der Waals surface area contributed by atoms with E-state index in [1.807, 2.05) is 55.4 Å². The highest BCUT2D eigenvalue weighted by atomic mass is 19.1. The van der Waals surface area contributed by atoms with Crippen LogP contribution in [-0.4, -0.2) is 67.3 Å². The van der Waals surface area contributed by atoms with Gasteiger partial charge in [-0.2, -0.15) is 5.10 Å². The molecule has 0 radical (unpaired) electrons. The Morgan fingerprint density at radius 3 is 2.70 bits per heavy atom. The van der Waals surface area contributed by atoms with Crippen LogP contribution >= 0.6 is 0 Å². The van der Waals surface area contributed by atoms with Crippen molar-refractivity contribution in [2.24, 2.45) is 0 Å². The van der Waals surface area contributed by atoms with E-state index in [0.717, 1.165) is 23.1 Å². The third-order valence-corrected chi connectivity index (χ3v) is 5.96. The van der Waals surface area contributed by atoms with Gasteiger partial charge in [0.05, 0.1) is 28.4 Å². The zero-order valence-electron chi connectivity index (χ0n) is 20.2. The summed E-state index contributed by atoms with van der Waals surface area (Å²) in [4.78, 5) is 23.4. The Balaban J connectivity index is 1.41.